The molecule has 6 heteroatoms. The maximum absolute atomic E-state index is 14.4. The van der Waals surface area contributed by atoms with Gasteiger partial charge in [-0.3, -0.25) is 9.59 Å². The van der Waals surface area contributed by atoms with E-state index in [4.69, 9.17) is 5.73 Å². The van der Waals surface area contributed by atoms with Crippen molar-refractivity contribution in [2.45, 2.75) is 12.8 Å². The van der Waals surface area contributed by atoms with Crippen molar-refractivity contribution < 1.29 is 18.4 Å². The number of nitrogens with two attached hydrogens (primary N) is 1. The number of nitrogens with zero attached hydrogens (tertiary/aromatic N) is 1. The highest BCUT2D eigenvalue weighted by Crippen LogP contribution is 2.38. The lowest BCUT2D eigenvalue weighted by Crippen LogP contribution is -2.42. The fraction of sp³-hybridized carbons (Fsp3) is 0.200. The van der Waals surface area contributed by atoms with Crippen LogP contribution in [0.15, 0.2) is 72.8 Å². The number of halogens is 2. The molecule has 4 nitrogen and oxygen atoms in total. The van der Waals surface area contributed by atoms with E-state index in [1.807, 2.05) is 24.3 Å². The Hall–Kier alpha value is -3.54. The van der Waals surface area contributed by atoms with Crippen LogP contribution in [-0.2, 0) is 11.2 Å². The van der Waals surface area contributed by atoms with Crippen LogP contribution in [0.1, 0.15) is 22.3 Å². The lowest BCUT2D eigenvalue weighted by atomic mass is 9.78. The Balaban J connectivity index is 1.64. The van der Waals surface area contributed by atoms with Gasteiger partial charge in [0.2, 0.25) is 5.91 Å². The molecule has 0 aromatic heterocycles. The van der Waals surface area contributed by atoms with Crippen LogP contribution >= 0.6 is 0 Å². The smallest absolute Gasteiger partial charge is 0.253 e. The number of likely N-dealkylation sites (tertiary alicyclic amines) is 1. The molecule has 158 valence electrons. The lowest BCUT2D eigenvalue weighted by molar-refractivity contribution is -0.126. The summed E-state index contributed by atoms with van der Waals surface area (Å²) in [6, 6.07) is 19.3. The largest absolute Gasteiger partial charge is 0.369 e. The molecule has 1 saturated heterocycles. The van der Waals surface area contributed by atoms with Crippen molar-refractivity contribution in [3.05, 3.63) is 95.6 Å². The summed E-state index contributed by atoms with van der Waals surface area (Å²) in [7, 11) is 0. The van der Waals surface area contributed by atoms with Gasteiger partial charge in [0.25, 0.3) is 5.91 Å². The van der Waals surface area contributed by atoms with Gasteiger partial charge in [-0.15, -0.1) is 0 Å². The number of hydrogen-bond acceptors (Lipinski definition) is 2. The van der Waals surface area contributed by atoms with Gasteiger partial charge in [0.05, 0.1) is 5.41 Å². The Morgan fingerprint density at radius 1 is 0.935 bits per heavy atom. The predicted molar refractivity (Wildman–Crippen MR) is 114 cm³/mol. The zero-order chi connectivity index (χ0) is 22.0. The quantitative estimate of drug-likeness (QED) is 0.673. The van der Waals surface area contributed by atoms with E-state index < -0.39 is 17.1 Å². The van der Waals surface area contributed by atoms with Gasteiger partial charge in [0.1, 0.15) is 11.6 Å². The third-order valence-corrected chi connectivity index (χ3v) is 5.95. The molecule has 2 amide bonds. The van der Waals surface area contributed by atoms with Gasteiger partial charge in [-0.05, 0) is 48.2 Å². The summed E-state index contributed by atoms with van der Waals surface area (Å²) in [5.74, 6) is -1.70. The van der Waals surface area contributed by atoms with E-state index in [1.54, 1.807) is 24.3 Å². The van der Waals surface area contributed by atoms with Gasteiger partial charge in [0, 0.05) is 24.2 Å². The number of benzene rings is 3. The fourth-order valence-corrected chi connectivity index (χ4v) is 4.26. The molecular formula is C25H22F2N2O2. The Kier molecular flexibility index (Phi) is 5.55. The highest BCUT2D eigenvalue weighted by atomic mass is 19.1. The Morgan fingerprint density at radius 3 is 2.35 bits per heavy atom. The van der Waals surface area contributed by atoms with Gasteiger partial charge in [-0.1, -0.05) is 48.5 Å². The van der Waals surface area contributed by atoms with Crippen molar-refractivity contribution in [1.82, 2.24) is 4.90 Å². The Labute approximate surface area is 179 Å². The van der Waals surface area contributed by atoms with E-state index in [2.05, 4.69) is 0 Å². The molecule has 3 aromatic carbocycles. The molecule has 0 bridgehead atoms. The normalized spacial score (nSPS) is 18.2. The summed E-state index contributed by atoms with van der Waals surface area (Å²) in [5, 5.41) is 0. The first kappa shape index (κ1) is 20.7. The van der Waals surface area contributed by atoms with Crippen molar-refractivity contribution in [3.63, 3.8) is 0 Å². The first-order valence-corrected chi connectivity index (χ1v) is 10.1. The molecule has 2 N–H and O–H groups in total. The standard InChI is InChI=1S/C25H22F2N2O2/c26-19-8-5-7-17(14-19)23(30)29-13-12-25(16-29,24(28)31)15-18-6-1-2-9-20(18)21-10-3-4-11-22(21)27/h1-11,14H,12-13,15-16H2,(H2,28,31)/t25-/m1/s1. The maximum atomic E-state index is 14.4. The minimum Gasteiger partial charge on any atom is -0.369 e. The average molecular weight is 420 g/mol. The van der Waals surface area contributed by atoms with Crippen LogP contribution in [0.3, 0.4) is 0 Å². The van der Waals surface area contributed by atoms with Gasteiger partial charge in [-0.2, -0.15) is 0 Å². The molecule has 0 radical (unpaired) electrons. The van der Waals surface area contributed by atoms with E-state index in [9.17, 15) is 18.4 Å². The third kappa shape index (κ3) is 4.06. The summed E-state index contributed by atoms with van der Waals surface area (Å²) < 4.78 is 28.0. The highest BCUT2D eigenvalue weighted by molar-refractivity contribution is 5.95. The topological polar surface area (TPSA) is 63.4 Å². The minimum absolute atomic E-state index is 0.128. The summed E-state index contributed by atoms with van der Waals surface area (Å²) in [6.45, 7) is 0.462. The van der Waals surface area contributed by atoms with Crippen molar-refractivity contribution in [1.29, 1.82) is 0 Å². The van der Waals surface area contributed by atoms with Gasteiger partial charge in [0.15, 0.2) is 0 Å². The van der Waals surface area contributed by atoms with Gasteiger partial charge < -0.3 is 10.6 Å². The Bertz CT molecular complexity index is 1150. The van der Waals surface area contributed by atoms with Crippen LogP contribution in [0, 0.1) is 17.0 Å². The monoisotopic (exact) mass is 420 g/mol. The summed E-state index contributed by atoms with van der Waals surface area (Å²) in [4.78, 5) is 26.9. The molecule has 1 fully saturated rings. The lowest BCUT2D eigenvalue weighted by Gasteiger charge is -2.27. The number of rotatable bonds is 5. The number of amides is 2. The molecule has 3 aromatic rings. The Morgan fingerprint density at radius 2 is 1.65 bits per heavy atom. The minimum atomic E-state index is -0.982. The molecule has 0 aliphatic carbocycles. The van der Waals surface area contributed by atoms with E-state index in [1.165, 1.54) is 29.2 Å². The second-order valence-electron chi connectivity index (χ2n) is 7.95. The fourth-order valence-electron chi connectivity index (χ4n) is 4.26. The first-order valence-electron chi connectivity index (χ1n) is 10.1. The molecular weight excluding hydrogens is 398 g/mol. The van der Waals surface area contributed by atoms with Crippen molar-refractivity contribution >= 4 is 11.8 Å². The maximum Gasteiger partial charge on any atom is 0.253 e. The second kappa shape index (κ2) is 8.30. The number of carbonyl (C=O) groups is 2. The number of hydrogen-bond donors (Lipinski definition) is 1. The molecule has 1 aliphatic rings. The number of carbonyl (C=O) groups excluding carboxylic acids is 2. The molecule has 1 atom stereocenters. The van der Waals surface area contributed by atoms with E-state index >= 15 is 0 Å². The summed E-state index contributed by atoms with van der Waals surface area (Å²) >= 11 is 0. The average Bonchev–Trinajstić information content (AvgIpc) is 3.20. The molecule has 0 unspecified atom stereocenters. The SMILES string of the molecule is NC(=O)[C@@]1(Cc2ccccc2-c2ccccc2F)CCN(C(=O)c2cccc(F)c2)C1. The molecule has 0 saturated carbocycles. The summed E-state index contributed by atoms with van der Waals surface area (Å²) in [6.07, 6.45) is 0.661. The van der Waals surface area contributed by atoms with Gasteiger partial charge in [-0.25, -0.2) is 8.78 Å². The zero-order valence-corrected chi connectivity index (χ0v) is 16.9. The van der Waals surface area contributed by atoms with Crippen LogP contribution in [-0.4, -0.2) is 29.8 Å². The van der Waals surface area contributed by atoms with Crippen LogP contribution in [0.2, 0.25) is 0 Å². The van der Waals surface area contributed by atoms with Crippen LogP contribution in [0.25, 0.3) is 11.1 Å². The zero-order valence-electron chi connectivity index (χ0n) is 16.9. The summed E-state index contributed by atoms with van der Waals surface area (Å²) in [5.41, 5.74) is 6.98. The molecule has 31 heavy (non-hydrogen) atoms. The van der Waals surface area contributed by atoms with E-state index in [0.29, 0.717) is 24.1 Å². The van der Waals surface area contributed by atoms with E-state index in [0.717, 1.165) is 5.56 Å². The van der Waals surface area contributed by atoms with Crippen LogP contribution in [0.5, 0.6) is 0 Å². The molecule has 1 heterocycles. The third-order valence-electron chi connectivity index (χ3n) is 5.95. The van der Waals surface area contributed by atoms with E-state index in [-0.39, 0.29) is 30.3 Å². The van der Waals surface area contributed by atoms with Crippen molar-refractivity contribution in [2.24, 2.45) is 11.1 Å². The predicted octanol–water partition coefficient (Wildman–Crippen LogP) is 4.19. The second-order valence-corrected chi connectivity index (χ2v) is 7.95. The van der Waals surface area contributed by atoms with Gasteiger partial charge >= 0.3 is 0 Å². The first-order chi connectivity index (χ1) is 14.9. The number of primary amides is 1. The molecule has 0 spiro atoms. The van der Waals surface area contributed by atoms with Crippen LogP contribution in [0.4, 0.5) is 8.78 Å². The van der Waals surface area contributed by atoms with Crippen molar-refractivity contribution in [2.75, 3.05) is 13.1 Å². The highest BCUT2D eigenvalue weighted by Gasteiger charge is 2.45. The molecule has 4 rings (SSSR count). The van der Waals surface area contributed by atoms with Crippen molar-refractivity contribution in [3.8, 4) is 11.1 Å². The molecule has 1 aliphatic heterocycles. The van der Waals surface area contributed by atoms with Crippen LogP contribution < -0.4 is 5.73 Å².